The van der Waals surface area contributed by atoms with Crippen molar-refractivity contribution in [2.45, 2.75) is 63.2 Å². The molecule has 0 unspecified atom stereocenters. The van der Waals surface area contributed by atoms with Crippen molar-refractivity contribution in [3.8, 4) is 0 Å². The summed E-state index contributed by atoms with van der Waals surface area (Å²) in [6.07, 6.45) is 6.06. The fourth-order valence-corrected chi connectivity index (χ4v) is 5.39. The van der Waals surface area contributed by atoms with Crippen LogP contribution in [0.25, 0.3) is 11.0 Å². The standard InChI is InChI=1S/C23H29N3O6S/c1-4-30-23(27)21-15(2)18-14-17(10-11-19(18)31-21)33(28,29)26(3)13-12-20-24-22(32-25-20)16-8-6-5-7-9-16/h10-11,14,16H,4-9,12-13H2,1-3H3. The average molecular weight is 476 g/mol. The highest BCUT2D eigenvalue weighted by Gasteiger charge is 2.26. The maximum absolute atomic E-state index is 13.1. The first-order valence-corrected chi connectivity index (χ1v) is 12.7. The van der Waals surface area contributed by atoms with Gasteiger partial charge in [0.1, 0.15) is 5.58 Å². The summed E-state index contributed by atoms with van der Waals surface area (Å²) in [7, 11) is -2.24. The lowest BCUT2D eigenvalue weighted by Gasteiger charge is -2.17. The highest BCUT2D eigenvalue weighted by atomic mass is 32.2. The van der Waals surface area contributed by atoms with Crippen molar-refractivity contribution in [2.24, 2.45) is 0 Å². The van der Waals surface area contributed by atoms with Crippen molar-refractivity contribution < 1.29 is 26.9 Å². The molecule has 178 valence electrons. The van der Waals surface area contributed by atoms with Gasteiger partial charge in [0.2, 0.25) is 21.7 Å². The Morgan fingerprint density at radius 2 is 2.00 bits per heavy atom. The second-order valence-corrected chi connectivity index (χ2v) is 10.4. The molecule has 2 aromatic heterocycles. The van der Waals surface area contributed by atoms with Crippen LogP contribution in [0.2, 0.25) is 0 Å². The summed E-state index contributed by atoms with van der Waals surface area (Å²) in [5, 5.41) is 4.60. The van der Waals surface area contributed by atoms with Crippen molar-refractivity contribution in [2.75, 3.05) is 20.2 Å². The normalized spacial score (nSPS) is 15.4. The molecule has 0 N–H and O–H groups in total. The third kappa shape index (κ3) is 4.81. The molecule has 33 heavy (non-hydrogen) atoms. The summed E-state index contributed by atoms with van der Waals surface area (Å²) >= 11 is 0. The van der Waals surface area contributed by atoms with Gasteiger partial charge >= 0.3 is 5.97 Å². The second-order valence-electron chi connectivity index (χ2n) is 8.39. The van der Waals surface area contributed by atoms with E-state index in [1.54, 1.807) is 19.9 Å². The fraction of sp³-hybridized carbons (Fsp3) is 0.522. The Balaban J connectivity index is 1.47. The molecule has 1 fully saturated rings. The van der Waals surface area contributed by atoms with Gasteiger partial charge in [0, 0.05) is 36.9 Å². The number of furan rings is 1. The highest BCUT2D eigenvalue weighted by molar-refractivity contribution is 7.89. The minimum Gasteiger partial charge on any atom is -0.460 e. The third-order valence-electron chi connectivity index (χ3n) is 6.17. The SMILES string of the molecule is CCOC(=O)c1oc2ccc(S(=O)(=O)N(C)CCc3noc(C4CCCCC4)n3)cc2c1C. The van der Waals surface area contributed by atoms with Crippen LogP contribution in [-0.4, -0.2) is 49.0 Å². The molecule has 10 heteroatoms. The first-order chi connectivity index (χ1) is 15.8. The number of carbonyl (C=O) groups is 1. The third-order valence-corrected chi connectivity index (χ3v) is 8.02. The zero-order valence-electron chi connectivity index (χ0n) is 19.2. The summed E-state index contributed by atoms with van der Waals surface area (Å²) < 4.78 is 43.6. The molecule has 0 radical (unpaired) electrons. The van der Waals surface area contributed by atoms with Crippen LogP contribution in [0.1, 0.15) is 72.8 Å². The molecule has 0 saturated heterocycles. The molecular formula is C23H29N3O6S. The van der Waals surface area contributed by atoms with Gasteiger partial charge in [0.25, 0.3) is 0 Å². The Kier molecular flexibility index (Phi) is 6.85. The predicted molar refractivity (Wildman–Crippen MR) is 121 cm³/mol. The van der Waals surface area contributed by atoms with E-state index in [2.05, 4.69) is 10.1 Å². The number of aryl methyl sites for hydroxylation is 1. The summed E-state index contributed by atoms with van der Waals surface area (Å²) in [5.41, 5.74) is 0.976. The van der Waals surface area contributed by atoms with Gasteiger partial charge < -0.3 is 13.7 Å². The van der Waals surface area contributed by atoms with E-state index >= 15 is 0 Å². The molecule has 9 nitrogen and oxygen atoms in total. The minimum absolute atomic E-state index is 0.0839. The van der Waals surface area contributed by atoms with E-state index < -0.39 is 16.0 Å². The minimum atomic E-state index is -3.76. The van der Waals surface area contributed by atoms with Crippen LogP contribution in [0.3, 0.4) is 0 Å². The number of fused-ring (bicyclic) bond motifs is 1. The molecule has 3 aromatic rings. The topological polar surface area (TPSA) is 116 Å². The summed E-state index contributed by atoms with van der Waals surface area (Å²) in [4.78, 5) is 16.7. The van der Waals surface area contributed by atoms with Gasteiger partial charge in [-0.3, -0.25) is 0 Å². The lowest BCUT2D eigenvalue weighted by Crippen LogP contribution is -2.29. The number of aromatic nitrogens is 2. The number of likely N-dealkylation sites (N-methyl/N-ethyl adjacent to an activating group) is 1. The number of carbonyl (C=O) groups excluding carboxylic acids is 1. The molecule has 1 aliphatic rings. The molecule has 1 aliphatic carbocycles. The average Bonchev–Trinajstić information content (AvgIpc) is 3.42. The quantitative estimate of drug-likeness (QED) is 0.445. The van der Waals surface area contributed by atoms with Crippen molar-refractivity contribution >= 4 is 27.0 Å². The Morgan fingerprint density at radius 1 is 1.24 bits per heavy atom. The maximum atomic E-state index is 13.1. The zero-order valence-corrected chi connectivity index (χ0v) is 20.0. The maximum Gasteiger partial charge on any atom is 0.374 e. The van der Waals surface area contributed by atoms with E-state index in [0.29, 0.717) is 40.6 Å². The van der Waals surface area contributed by atoms with Crippen molar-refractivity contribution in [3.63, 3.8) is 0 Å². The number of esters is 1. The molecule has 0 amide bonds. The van der Waals surface area contributed by atoms with Crippen molar-refractivity contribution in [1.29, 1.82) is 0 Å². The monoisotopic (exact) mass is 475 g/mol. The Labute approximate surface area is 193 Å². The Bertz CT molecular complexity index is 1240. The van der Waals surface area contributed by atoms with Crippen LogP contribution < -0.4 is 0 Å². The smallest absolute Gasteiger partial charge is 0.374 e. The van der Waals surface area contributed by atoms with Crippen LogP contribution >= 0.6 is 0 Å². The van der Waals surface area contributed by atoms with E-state index in [-0.39, 0.29) is 23.8 Å². The van der Waals surface area contributed by atoms with E-state index in [0.717, 1.165) is 12.8 Å². The van der Waals surface area contributed by atoms with Crippen LogP contribution in [0.4, 0.5) is 0 Å². The molecular weight excluding hydrogens is 446 g/mol. The van der Waals surface area contributed by atoms with Gasteiger partial charge in [-0.25, -0.2) is 17.5 Å². The second kappa shape index (κ2) is 9.64. The van der Waals surface area contributed by atoms with Gasteiger partial charge in [-0.05, 0) is 44.9 Å². The summed E-state index contributed by atoms with van der Waals surface area (Å²) in [6, 6.07) is 4.56. The number of rotatable bonds is 8. The first kappa shape index (κ1) is 23.4. The number of nitrogens with zero attached hydrogens (tertiary/aromatic N) is 3. The van der Waals surface area contributed by atoms with Crippen LogP contribution in [-0.2, 0) is 21.2 Å². The molecule has 0 bridgehead atoms. The van der Waals surface area contributed by atoms with Gasteiger partial charge in [0.05, 0.1) is 11.5 Å². The van der Waals surface area contributed by atoms with Gasteiger partial charge in [0.15, 0.2) is 5.82 Å². The van der Waals surface area contributed by atoms with Crippen molar-refractivity contribution in [1.82, 2.24) is 14.4 Å². The van der Waals surface area contributed by atoms with Gasteiger partial charge in [-0.15, -0.1) is 0 Å². The Morgan fingerprint density at radius 3 is 2.73 bits per heavy atom. The number of hydrogen-bond acceptors (Lipinski definition) is 8. The number of hydrogen-bond donors (Lipinski definition) is 0. The van der Waals surface area contributed by atoms with Crippen LogP contribution in [0.5, 0.6) is 0 Å². The molecule has 0 spiro atoms. The number of sulfonamides is 1. The number of benzene rings is 1. The molecule has 0 aliphatic heterocycles. The molecule has 1 aromatic carbocycles. The van der Waals surface area contributed by atoms with Crippen LogP contribution in [0.15, 0.2) is 32.0 Å². The van der Waals surface area contributed by atoms with Crippen molar-refractivity contribution in [3.05, 3.63) is 41.2 Å². The predicted octanol–water partition coefficient (Wildman–Crippen LogP) is 4.21. The van der Waals surface area contributed by atoms with E-state index in [1.807, 2.05) is 0 Å². The van der Waals surface area contributed by atoms with Gasteiger partial charge in [-0.1, -0.05) is 24.4 Å². The molecule has 2 heterocycles. The molecule has 1 saturated carbocycles. The lowest BCUT2D eigenvalue weighted by molar-refractivity contribution is 0.0491. The van der Waals surface area contributed by atoms with Gasteiger partial charge in [-0.2, -0.15) is 4.98 Å². The largest absolute Gasteiger partial charge is 0.460 e. The summed E-state index contributed by atoms with van der Waals surface area (Å²) in [5.74, 6) is 0.998. The van der Waals surface area contributed by atoms with E-state index in [1.165, 1.54) is 42.7 Å². The van der Waals surface area contributed by atoms with E-state index in [9.17, 15) is 13.2 Å². The van der Waals surface area contributed by atoms with E-state index in [4.69, 9.17) is 13.7 Å². The fourth-order valence-electron chi connectivity index (χ4n) is 4.19. The molecule has 0 atom stereocenters. The Hall–Kier alpha value is -2.72. The lowest BCUT2D eigenvalue weighted by atomic mass is 9.89. The molecule has 4 rings (SSSR count). The first-order valence-electron chi connectivity index (χ1n) is 11.3. The zero-order chi connectivity index (χ0) is 23.6. The number of ether oxygens (including phenoxy) is 1. The highest BCUT2D eigenvalue weighted by Crippen LogP contribution is 2.32. The van der Waals surface area contributed by atoms with Crippen LogP contribution in [0, 0.1) is 6.92 Å². The summed E-state index contributed by atoms with van der Waals surface area (Å²) in [6.45, 7) is 3.85.